The third-order valence-corrected chi connectivity index (χ3v) is 3.94. The molecular weight excluding hydrogens is 252 g/mol. The van der Waals surface area contributed by atoms with Crippen LogP contribution in [0.3, 0.4) is 0 Å². The number of benzene rings is 1. The molecule has 0 bridgehead atoms. The lowest BCUT2D eigenvalue weighted by Crippen LogP contribution is -2.48. The van der Waals surface area contributed by atoms with Gasteiger partial charge in [-0.05, 0) is 30.7 Å². The lowest BCUT2D eigenvalue weighted by molar-refractivity contribution is -0.134. The van der Waals surface area contributed by atoms with Gasteiger partial charge in [-0.1, -0.05) is 30.3 Å². The van der Waals surface area contributed by atoms with E-state index in [4.69, 9.17) is 10.5 Å². The smallest absolute Gasteiger partial charge is 0.239 e. The maximum Gasteiger partial charge on any atom is 0.239 e. The number of rotatable bonds is 5. The summed E-state index contributed by atoms with van der Waals surface area (Å²) in [7, 11) is 1.73. The van der Waals surface area contributed by atoms with Gasteiger partial charge in [0.1, 0.15) is 0 Å². The summed E-state index contributed by atoms with van der Waals surface area (Å²) >= 11 is 0. The van der Waals surface area contributed by atoms with E-state index in [0.29, 0.717) is 12.3 Å². The maximum absolute atomic E-state index is 12.3. The molecule has 1 heterocycles. The number of piperidine rings is 1. The van der Waals surface area contributed by atoms with Crippen LogP contribution in [0.25, 0.3) is 0 Å². The monoisotopic (exact) mass is 276 g/mol. The van der Waals surface area contributed by atoms with Crippen LogP contribution < -0.4 is 5.73 Å². The van der Waals surface area contributed by atoms with Crippen molar-refractivity contribution in [1.29, 1.82) is 0 Å². The average molecular weight is 276 g/mol. The third-order valence-electron chi connectivity index (χ3n) is 3.94. The van der Waals surface area contributed by atoms with E-state index in [-0.39, 0.29) is 5.91 Å². The minimum Gasteiger partial charge on any atom is -0.384 e. The van der Waals surface area contributed by atoms with E-state index in [9.17, 15) is 4.79 Å². The van der Waals surface area contributed by atoms with Crippen molar-refractivity contribution in [3.8, 4) is 0 Å². The summed E-state index contributed by atoms with van der Waals surface area (Å²) in [6.07, 6.45) is 2.63. The first-order valence-corrected chi connectivity index (χ1v) is 7.28. The van der Waals surface area contributed by atoms with Gasteiger partial charge < -0.3 is 15.4 Å². The minimum atomic E-state index is -0.434. The van der Waals surface area contributed by atoms with Gasteiger partial charge in [-0.2, -0.15) is 0 Å². The molecule has 110 valence electrons. The standard InChI is InChI=1S/C16H24N2O2/c1-20-12-14-7-9-18(10-8-14)16(19)15(17)11-13-5-3-2-4-6-13/h2-6,14-15H,7-12,17H2,1H3. The van der Waals surface area contributed by atoms with Crippen molar-refractivity contribution in [3.63, 3.8) is 0 Å². The van der Waals surface area contributed by atoms with Crippen molar-refractivity contribution in [2.24, 2.45) is 11.7 Å². The van der Waals surface area contributed by atoms with E-state index in [1.54, 1.807) is 7.11 Å². The second-order valence-electron chi connectivity index (χ2n) is 5.52. The largest absolute Gasteiger partial charge is 0.384 e. The summed E-state index contributed by atoms with van der Waals surface area (Å²) in [4.78, 5) is 14.2. The molecule has 1 aromatic carbocycles. The van der Waals surface area contributed by atoms with Crippen LogP contribution in [0.2, 0.25) is 0 Å². The minimum absolute atomic E-state index is 0.0738. The molecule has 1 atom stereocenters. The van der Waals surface area contributed by atoms with Gasteiger partial charge in [0.25, 0.3) is 0 Å². The Hall–Kier alpha value is -1.39. The number of methoxy groups -OCH3 is 1. The predicted octanol–water partition coefficient (Wildman–Crippen LogP) is 1.44. The van der Waals surface area contributed by atoms with Crippen LogP contribution in [0.4, 0.5) is 0 Å². The quantitative estimate of drug-likeness (QED) is 0.885. The maximum atomic E-state index is 12.3. The van der Waals surface area contributed by atoms with E-state index in [2.05, 4.69) is 0 Å². The van der Waals surface area contributed by atoms with Crippen molar-refractivity contribution in [2.45, 2.75) is 25.3 Å². The fraction of sp³-hybridized carbons (Fsp3) is 0.562. The zero-order valence-electron chi connectivity index (χ0n) is 12.1. The molecule has 1 amide bonds. The molecule has 0 saturated carbocycles. The van der Waals surface area contributed by atoms with Gasteiger partial charge in [0, 0.05) is 26.8 Å². The molecule has 0 radical (unpaired) electrons. The molecular formula is C16H24N2O2. The van der Waals surface area contributed by atoms with Crippen LogP contribution in [-0.4, -0.2) is 43.7 Å². The molecule has 1 fully saturated rings. The molecule has 1 saturated heterocycles. The molecule has 1 unspecified atom stereocenters. The normalized spacial score (nSPS) is 18.0. The Kier molecular flexibility index (Phi) is 5.56. The zero-order chi connectivity index (χ0) is 14.4. The van der Waals surface area contributed by atoms with Crippen molar-refractivity contribution in [3.05, 3.63) is 35.9 Å². The highest BCUT2D eigenvalue weighted by Crippen LogP contribution is 2.18. The number of amides is 1. The predicted molar refractivity (Wildman–Crippen MR) is 79.3 cm³/mol. The first kappa shape index (κ1) is 15.0. The summed E-state index contributed by atoms with van der Waals surface area (Å²) in [5.74, 6) is 0.652. The number of nitrogens with two attached hydrogens (primary N) is 1. The molecule has 1 aliphatic heterocycles. The Labute approximate surface area is 120 Å². The van der Waals surface area contributed by atoms with Gasteiger partial charge in [0.15, 0.2) is 0 Å². The Balaban J connectivity index is 1.82. The number of likely N-dealkylation sites (tertiary alicyclic amines) is 1. The molecule has 1 aliphatic rings. The van der Waals surface area contributed by atoms with Gasteiger partial charge in [-0.15, -0.1) is 0 Å². The van der Waals surface area contributed by atoms with E-state index in [1.807, 2.05) is 35.2 Å². The molecule has 20 heavy (non-hydrogen) atoms. The van der Waals surface area contributed by atoms with Gasteiger partial charge >= 0.3 is 0 Å². The zero-order valence-corrected chi connectivity index (χ0v) is 12.1. The Morgan fingerprint density at radius 2 is 2.00 bits per heavy atom. The summed E-state index contributed by atoms with van der Waals surface area (Å²) in [5.41, 5.74) is 7.17. The lowest BCUT2D eigenvalue weighted by atomic mass is 9.96. The van der Waals surface area contributed by atoms with Crippen LogP contribution in [-0.2, 0) is 16.0 Å². The molecule has 0 aromatic heterocycles. The molecule has 0 aliphatic carbocycles. The topological polar surface area (TPSA) is 55.6 Å². The van der Waals surface area contributed by atoms with E-state index in [0.717, 1.165) is 38.1 Å². The Bertz CT molecular complexity index is 414. The fourth-order valence-electron chi connectivity index (χ4n) is 2.75. The van der Waals surface area contributed by atoms with E-state index >= 15 is 0 Å². The summed E-state index contributed by atoms with van der Waals surface area (Å²) in [5, 5.41) is 0. The summed E-state index contributed by atoms with van der Waals surface area (Å²) < 4.78 is 5.18. The highest BCUT2D eigenvalue weighted by molar-refractivity contribution is 5.82. The Morgan fingerprint density at radius 3 is 2.60 bits per heavy atom. The van der Waals surface area contributed by atoms with Crippen LogP contribution in [0.15, 0.2) is 30.3 Å². The molecule has 2 rings (SSSR count). The van der Waals surface area contributed by atoms with E-state index < -0.39 is 6.04 Å². The van der Waals surface area contributed by atoms with Gasteiger partial charge in [0.2, 0.25) is 5.91 Å². The van der Waals surface area contributed by atoms with Crippen LogP contribution in [0, 0.1) is 5.92 Å². The Morgan fingerprint density at radius 1 is 1.35 bits per heavy atom. The van der Waals surface area contributed by atoms with Gasteiger partial charge in [-0.3, -0.25) is 4.79 Å². The second kappa shape index (κ2) is 7.41. The third kappa shape index (κ3) is 4.05. The molecule has 4 heteroatoms. The first-order chi connectivity index (χ1) is 9.70. The molecule has 0 spiro atoms. The number of carbonyl (C=O) groups excluding carboxylic acids is 1. The highest BCUT2D eigenvalue weighted by atomic mass is 16.5. The van der Waals surface area contributed by atoms with Crippen LogP contribution in [0.5, 0.6) is 0 Å². The number of carbonyl (C=O) groups is 1. The van der Waals surface area contributed by atoms with E-state index in [1.165, 1.54) is 0 Å². The second-order valence-corrected chi connectivity index (χ2v) is 5.52. The summed E-state index contributed by atoms with van der Waals surface area (Å²) in [6.45, 7) is 2.39. The van der Waals surface area contributed by atoms with Crippen molar-refractivity contribution in [2.75, 3.05) is 26.8 Å². The van der Waals surface area contributed by atoms with Gasteiger partial charge in [0.05, 0.1) is 6.04 Å². The SMILES string of the molecule is COCC1CCN(C(=O)C(N)Cc2ccccc2)CC1. The van der Waals surface area contributed by atoms with Crippen molar-refractivity contribution < 1.29 is 9.53 Å². The summed E-state index contributed by atoms with van der Waals surface area (Å²) in [6, 6.07) is 9.51. The number of hydrogen-bond donors (Lipinski definition) is 1. The number of nitrogens with zero attached hydrogens (tertiary/aromatic N) is 1. The number of hydrogen-bond acceptors (Lipinski definition) is 3. The van der Waals surface area contributed by atoms with Crippen molar-refractivity contribution >= 4 is 5.91 Å². The molecule has 2 N–H and O–H groups in total. The fourth-order valence-corrected chi connectivity index (χ4v) is 2.75. The molecule has 1 aromatic rings. The molecule has 4 nitrogen and oxygen atoms in total. The van der Waals surface area contributed by atoms with Crippen LogP contribution in [0.1, 0.15) is 18.4 Å². The highest BCUT2D eigenvalue weighted by Gasteiger charge is 2.26. The first-order valence-electron chi connectivity index (χ1n) is 7.28. The van der Waals surface area contributed by atoms with Crippen LogP contribution >= 0.6 is 0 Å². The van der Waals surface area contributed by atoms with Crippen molar-refractivity contribution in [1.82, 2.24) is 4.90 Å². The van der Waals surface area contributed by atoms with Gasteiger partial charge in [-0.25, -0.2) is 0 Å². The average Bonchev–Trinajstić information content (AvgIpc) is 2.48. The lowest BCUT2D eigenvalue weighted by Gasteiger charge is -2.33. The number of ether oxygens (including phenoxy) is 1.